The van der Waals surface area contributed by atoms with Crippen LogP contribution in [0.2, 0.25) is 0 Å². The summed E-state index contributed by atoms with van der Waals surface area (Å²) >= 11 is 0. The normalized spacial score (nSPS) is 22.7. The Morgan fingerprint density at radius 2 is 2.14 bits per heavy atom. The van der Waals surface area contributed by atoms with E-state index in [2.05, 4.69) is 30.8 Å². The van der Waals surface area contributed by atoms with E-state index in [1.165, 1.54) is 5.56 Å². The van der Waals surface area contributed by atoms with Crippen molar-refractivity contribution in [1.82, 2.24) is 9.80 Å². The van der Waals surface area contributed by atoms with E-state index in [1.807, 2.05) is 18.2 Å². The maximum atomic E-state index is 7.56. The number of nitrogens with one attached hydrogen (secondary N) is 1. The molecule has 0 saturated carbocycles. The third-order valence-electron chi connectivity index (χ3n) is 4.27. The van der Waals surface area contributed by atoms with Crippen LogP contribution in [0.15, 0.2) is 18.2 Å². The minimum absolute atomic E-state index is 0.0425. The molecule has 2 unspecified atom stereocenters. The van der Waals surface area contributed by atoms with Crippen LogP contribution in [-0.2, 0) is 6.54 Å². The van der Waals surface area contributed by atoms with Crippen LogP contribution in [-0.4, -0.2) is 56.0 Å². The number of hydrogen-bond donors (Lipinski definition) is 2. The van der Waals surface area contributed by atoms with Crippen LogP contribution >= 0.6 is 0 Å². The lowest BCUT2D eigenvalue weighted by molar-refractivity contribution is 0.250. The fraction of sp³-hybridized carbons (Fsp3) is 0.562. The average molecular weight is 290 g/mol. The second-order valence-corrected chi connectivity index (χ2v) is 6.15. The van der Waals surface area contributed by atoms with Crippen LogP contribution in [0.5, 0.6) is 5.75 Å². The number of rotatable bonds is 5. The first kappa shape index (κ1) is 15.8. The fourth-order valence-electron chi connectivity index (χ4n) is 3.16. The molecule has 0 aliphatic carbocycles. The Balaban J connectivity index is 2.09. The monoisotopic (exact) mass is 290 g/mol. The summed E-state index contributed by atoms with van der Waals surface area (Å²) in [6.45, 7) is 5.41. The molecule has 5 nitrogen and oxygen atoms in total. The third-order valence-corrected chi connectivity index (χ3v) is 4.27. The molecule has 3 N–H and O–H groups in total. The highest BCUT2D eigenvalue weighted by atomic mass is 16.5. The van der Waals surface area contributed by atoms with Crippen molar-refractivity contribution in [2.24, 2.45) is 11.7 Å². The van der Waals surface area contributed by atoms with Gasteiger partial charge in [-0.3, -0.25) is 10.3 Å². The van der Waals surface area contributed by atoms with Crippen molar-refractivity contribution >= 4 is 5.84 Å². The smallest absolute Gasteiger partial charge is 0.130 e. The van der Waals surface area contributed by atoms with E-state index >= 15 is 0 Å². The van der Waals surface area contributed by atoms with Crippen molar-refractivity contribution in [2.75, 3.05) is 34.3 Å². The van der Waals surface area contributed by atoms with Gasteiger partial charge in [0.1, 0.15) is 11.6 Å². The Morgan fingerprint density at radius 1 is 1.43 bits per heavy atom. The molecule has 2 atom stereocenters. The van der Waals surface area contributed by atoms with Crippen molar-refractivity contribution in [2.45, 2.75) is 19.5 Å². The van der Waals surface area contributed by atoms with Crippen LogP contribution in [0.4, 0.5) is 0 Å². The van der Waals surface area contributed by atoms with Crippen LogP contribution in [0.1, 0.15) is 18.1 Å². The Bertz CT molecular complexity index is 515. The molecule has 0 aromatic heterocycles. The fourth-order valence-corrected chi connectivity index (χ4v) is 3.16. The molecule has 0 bridgehead atoms. The number of ether oxygens (including phenoxy) is 1. The lowest BCUT2D eigenvalue weighted by Gasteiger charge is -2.22. The van der Waals surface area contributed by atoms with Gasteiger partial charge < -0.3 is 15.4 Å². The number of benzene rings is 1. The Labute approximate surface area is 127 Å². The molecule has 5 heteroatoms. The summed E-state index contributed by atoms with van der Waals surface area (Å²) in [4.78, 5) is 4.78. The molecular formula is C16H26N4O. The van der Waals surface area contributed by atoms with Crippen LogP contribution < -0.4 is 10.5 Å². The first-order chi connectivity index (χ1) is 9.92. The Hall–Kier alpha value is -1.59. The molecule has 2 rings (SSSR count). The van der Waals surface area contributed by atoms with Crippen molar-refractivity contribution in [3.63, 3.8) is 0 Å². The molecule has 1 fully saturated rings. The van der Waals surface area contributed by atoms with Crippen molar-refractivity contribution in [3.8, 4) is 5.75 Å². The first-order valence-electron chi connectivity index (χ1n) is 7.32. The van der Waals surface area contributed by atoms with Gasteiger partial charge in [-0.2, -0.15) is 0 Å². The number of nitrogens with two attached hydrogens (primary N) is 1. The summed E-state index contributed by atoms with van der Waals surface area (Å²) in [5, 5.41) is 7.56. The Morgan fingerprint density at radius 3 is 2.67 bits per heavy atom. The van der Waals surface area contributed by atoms with Gasteiger partial charge in [0.2, 0.25) is 0 Å². The van der Waals surface area contributed by atoms with E-state index in [-0.39, 0.29) is 5.84 Å². The molecule has 21 heavy (non-hydrogen) atoms. The number of hydrogen-bond acceptors (Lipinski definition) is 4. The summed E-state index contributed by atoms with van der Waals surface area (Å²) in [6.07, 6.45) is 0. The van der Waals surface area contributed by atoms with E-state index in [0.29, 0.717) is 23.3 Å². The molecule has 1 aliphatic rings. The van der Waals surface area contributed by atoms with Gasteiger partial charge in [-0.1, -0.05) is 13.0 Å². The van der Waals surface area contributed by atoms with Crippen LogP contribution in [0, 0.1) is 11.3 Å². The molecule has 0 amide bonds. The highest BCUT2D eigenvalue weighted by Crippen LogP contribution is 2.24. The standard InChI is InChI=1S/C16H26N4O/c1-11-8-20(10-14(11)19(2)3)9-12-5-6-13(16(17)18)15(7-12)21-4/h5-7,11,14H,8-10H2,1-4H3,(H3,17,18). The van der Waals surface area contributed by atoms with E-state index in [4.69, 9.17) is 15.9 Å². The number of likely N-dealkylation sites (tertiary alicyclic amines) is 1. The molecular weight excluding hydrogens is 264 g/mol. The maximum absolute atomic E-state index is 7.56. The van der Waals surface area contributed by atoms with E-state index in [9.17, 15) is 0 Å². The average Bonchev–Trinajstić information content (AvgIpc) is 2.79. The predicted molar refractivity (Wildman–Crippen MR) is 85.9 cm³/mol. The lowest BCUT2D eigenvalue weighted by Crippen LogP contribution is -2.34. The van der Waals surface area contributed by atoms with Gasteiger partial charge in [-0.05, 0) is 37.7 Å². The topological polar surface area (TPSA) is 65.6 Å². The summed E-state index contributed by atoms with van der Waals surface area (Å²) < 4.78 is 5.34. The zero-order chi connectivity index (χ0) is 15.6. The van der Waals surface area contributed by atoms with Crippen LogP contribution in [0.3, 0.4) is 0 Å². The Kier molecular flexibility index (Phi) is 4.85. The molecule has 1 saturated heterocycles. The van der Waals surface area contributed by atoms with Gasteiger partial charge in [0.05, 0.1) is 12.7 Å². The van der Waals surface area contributed by atoms with Crippen molar-refractivity contribution in [3.05, 3.63) is 29.3 Å². The number of amidine groups is 1. The molecule has 0 radical (unpaired) electrons. The predicted octanol–water partition coefficient (Wildman–Crippen LogP) is 1.36. The van der Waals surface area contributed by atoms with Gasteiger partial charge in [0.25, 0.3) is 0 Å². The quantitative estimate of drug-likeness (QED) is 0.635. The lowest BCUT2D eigenvalue weighted by atomic mass is 10.1. The summed E-state index contributed by atoms with van der Waals surface area (Å²) in [5.74, 6) is 1.40. The van der Waals surface area contributed by atoms with Gasteiger partial charge in [-0.15, -0.1) is 0 Å². The van der Waals surface area contributed by atoms with Crippen molar-refractivity contribution in [1.29, 1.82) is 5.41 Å². The largest absolute Gasteiger partial charge is 0.496 e. The minimum atomic E-state index is 0.0425. The second kappa shape index (κ2) is 6.45. The van der Waals surface area contributed by atoms with E-state index < -0.39 is 0 Å². The SMILES string of the molecule is COc1cc(CN2CC(C)C(N(C)C)C2)ccc1C(=N)N. The molecule has 1 heterocycles. The van der Waals surface area contributed by atoms with Crippen LogP contribution in [0.25, 0.3) is 0 Å². The van der Waals surface area contributed by atoms with E-state index in [0.717, 1.165) is 19.6 Å². The van der Waals surface area contributed by atoms with Gasteiger partial charge in [0.15, 0.2) is 0 Å². The van der Waals surface area contributed by atoms with Gasteiger partial charge >= 0.3 is 0 Å². The zero-order valence-electron chi connectivity index (χ0n) is 13.4. The van der Waals surface area contributed by atoms with E-state index in [1.54, 1.807) is 7.11 Å². The molecule has 1 aromatic rings. The first-order valence-corrected chi connectivity index (χ1v) is 7.32. The highest BCUT2D eigenvalue weighted by molar-refractivity contribution is 5.97. The van der Waals surface area contributed by atoms with Crippen molar-refractivity contribution < 1.29 is 4.74 Å². The maximum Gasteiger partial charge on any atom is 0.130 e. The van der Waals surface area contributed by atoms with Gasteiger partial charge in [0, 0.05) is 25.7 Å². The summed E-state index contributed by atoms with van der Waals surface area (Å²) in [5.41, 5.74) is 7.41. The molecule has 1 aliphatic heterocycles. The number of likely N-dealkylation sites (N-methyl/N-ethyl adjacent to an activating group) is 1. The zero-order valence-corrected chi connectivity index (χ0v) is 13.4. The molecule has 1 aromatic carbocycles. The van der Waals surface area contributed by atoms with Gasteiger partial charge in [-0.25, -0.2) is 0 Å². The number of nitrogen functional groups attached to an aromatic ring is 1. The highest BCUT2D eigenvalue weighted by Gasteiger charge is 2.30. The summed E-state index contributed by atoms with van der Waals surface area (Å²) in [6, 6.07) is 6.51. The minimum Gasteiger partial charge on any atom is -0.496 e. The third kappa shape index (κ3) is 3.54. The number of methoxy groups -OCH3 is 1. The molecule has 116 valence electrons. The number of nitrogens with zero attached hydrogens (tertiary/aromatic N) is 2. The molecule has 0 spiro atoms. The summed E-state index contributed by atoms with van der Waals surface area (Å²) in [7, 11) is 5.91. The second-order valence-electron chi connectivity index (χ2n) is 6.15.